The summed E-state index contributed by atoms with van der Waals surface area (Å²) in [6.45, 7) is 4.32. The van der Waals surface area contributed by atoms with Crippen molar-refractivity contribution >= 4 is 23.0 Å². The zero-order valence-corrected chi connectivity index (χ0v) is 15.2. The summed E-state index contributed by atoms with van der Waals surface area (Å²) in [5.74, 6) is 0.507. The summed E-state index contributed by atoms with van der Waals surface area (Å²) in [6, 6.07) is 13.8. The zero-order chi connectivity index (χ0) is 18.1. The van der Waals surface area contributed by atoms with E-state index in [4.69, 9.17) is 0 Å². The largest absolute Gasteiger partial charge is 0.358 e. The van der Waals surface area contributed by atoms with E-state index in [1.54, 1.807) is 6.21 Å². The summed E-state index contributed by atoms with van der Waals surface area (Å²) in [4.78, 5) is 16.0. The van der Waals surface area contributed by atoms with Gasteiger partial charge in [-0.25, -0.2) is 5.43 Å². The molecule has 2 aromatic carbocycles. The van der Waals surface area contributed by atoms with Gasteiger partial charge in [0.25, 0.3) is 5.91 Å². The Kier molecular flexibility index (Phi) is 4.33. The van der Waals surface area contributed by atoms with Gasteiger partial charge in [-0.05, 0) is 61.4 Å². The van der Waals surface area contributed by atoms with Crippen molar-refractivity contribution in [2.45, 2.75) is 33.1 Å². The Morgan fingerprint density at radius 2 is 2.15 bits per heavy atom. The van der Waals surface area contributed by atoms with E-state index in [0.29, 0.717) is 11.5 Å². The predicted octanol–water partition coefficient (Wildman–Crippen LogP) is 4.37. The lowest BCUT2D eigenvalue weighted by molar-refractivity contribution is 0.0955. The van der Waals surface area contributed by atoms with Crippen LogP contribution in [0, 0.1) is 12.8 Å². The first kappa shape index (κ1) is 16.6. The Morgan fingerprint density at radius 3 is 3.00 bits per heavy atom. The van der Waals surface area contributed by atoms with Gasteiger partial charge < -0.3 is 4.98 Å². The molecule has 0 bridgehead atoms. The van der Waals surface area contributed by atoms with Gasteiger partial charge in [0.2, 0.25) is 0 Å². The molecule has 0 aliphatic heterocycles. The number of benzene rings is 2. The van der Waals surface area contributed by atoms with Crippen molar-refractivity contribution in [2.75, 3.05) is 0 Å². The van der Waals surface area contributed by atoms with E-state index in [9.17, 15) is 4.79 Å². The van der Waals surface area contributed by atoms with Crippen LogP contribution in [0.25, 0.3) is 10.9 Å². The highest BCUT2D eigenvalue weighted by Gasteiger charge is 2.20. The van der Waals surface area contributed by atoms with Gasteiger partial charge >= 0.3 is 0 Å². The van der Waals surface area contributed by atoms with E-state index < -0.39 is 0 Å². The minimum absolute atomic E-state index is 0.186. The van der Waals surface area contributed by atoms with Gasteiger partial charge in [0.15, 0.2) is 0 Å². The second-order valence-corrected chi connectivity index (χ2v) is 7.30. The van der Waals surface area contributed by atoms with Crippen LogP contribution in [0.2, 0.25) is 0 Å². The van der Waals surface area contributed by atoms with E-state index in [-0.39, 0.29) is 5.91 Å². The van der Waals surface area contributed by atoms with Crippen molar-refractivity contribution in [3.8, 4) is 0 Å². The third-order valence-electron chi connectivity index (χ3n) is 5.12. The lowest BCUT2D eigenvalue weighted by atomic mass is 9.87. The molecule has 4 nitrogen and oxygen atoms in total. The molecule has 0 fully saturated rings. The summed E-state index contributed by atoms with van der Waals surface area (Å²) in [5.41, 5.74) is 9.22. The fraction of sp³-hybridized carbons (Fsp3) is 0.273. The Balaban J connectivity index is 1.54. The standard InChI is InChI=1S/C22H23N3O/c1-14-4-3-5-16(10-14)13-23-25-22(26)17-7-9-21-19(12-17)18-11-15(2)6-8-20(18)24-21/h3-5,7,9-10,12-13,15,24H,6,8,11H2,1-2H3,(H,25,26)/b23-13-. The first-order chi connectivity index (χ1) is 12.6. The lowest BCUT2D eigenvalue weighted by Gasteiger charge is -2.18. The summed E-state index contributed by atoms with van der Waals surface area (Å²) in [7, 11) is 0. The van der Waals surface area contributed by atoms with Gasteiger partial charge in [0.05, 0.1) is 6.21 Å². The molecule has 1 heterocycles. The van der Waals surface area contributed by atoms with Crippen molar-refractivity contribution in [1.82, 2.24) is 10.4 Å². The van der Waals surface area contributed by atoms with Gasteiger partial charge in [-0.15, -0.1) is 0 Å². The molecule has 1 aliphatic carbocycles. The molecule has 1 atom stereocenters. The fourth-order valence-corrected chi connectivity index (χ4v) is 3.71. The molecule has 1 aromatic heterocycles. The minimum atomic E-state index is -0.186. The Hall–Kier alpha value is -2.88. The van der Waals surface area contributed by atoms with Crippen molar-refractivity contribution in [2.24, 2.45) is 11.0 Å². The maximum atomic E-state index is 12.5. The normalized spacial score (nSPS) is 16.8. The molecule has 0 radical (unpaired) electrons. The topological polar surface area (TPSA) is 57.2 Å². The van der Waals surface area contributed by atoms with Crippen LogP contribution in [-0.4, -0.2) is 17.1 Å². The van der Waals surface area contributed by atoms with E-state index >= 15 is 0 Å². The zero-order valence-electron chi connectivity index (χ0n) is 15.2. The van der Waals surface area contributed by atoms with Gasteiger partial charge in [-0.3, -0.25) is 4.79 Å². The monoisotopic (exact) mass is 345 g/mol. The molecule has 1 unspecified atom stereocenters. The van der Waals surface area contributed by atoms with E-state index in [1.807, 2.05) is 49.4 Å². The van der Waals surface area contributed by atoms with Crippen LogP contribution in [0.15, 0.2) is 47.6 Å². The van der Waals surface area contributed by atoms with Gasteiger partial charge in [0.1, 0.15) is 0 Å². The van der Waals surface area contributed by atoms with Crippen LogP contribution in [0.4, 0.5) is 0 Å². The smallest absolute Gasteiger partial charge is 0.271 e. The summed E-state index contributed by atoms with van der Waals surface area (Å²) >= 11 is 0. The Labute approximate surface area is 153 Å². The van der Waals surface area contributed by atoms with Crippen LogP contribution < -0.4 is 5.43 Å². The van der Waals surface area contributed by atoms with Crippen LogP contribution >= 0.6 is 0 Å². The highest BCUT2D eigenvalue weighted by molar-refractivity contribution is 5.99. The van der Waals surface area contributed by atoms with Crippen molar-refractivity contribution in [3.05, 3.63) is 70.4 Å². The molecule has 26 heavy (non-hydrogen) atoms. The Bertz CT molecular complexity index is 1000. The van der Waals surface area contributed by atoms with Crippen LogP contribution in [0.3, 0.4) is 0 Å². The second-order valence-electron chi connectivity index (χ2n) is 7.30. The summed E-state index contributed by atoms with van der Waals surface area (Å²) in [5, 5.41) is 5.26. The van der Waals surface area contributed by atoms with Gasteiger partial charge in [-0.1, -0.05) is 36.8 Å². The van der Waals surface area contributed by atoms with Crippen molar-refractivity contribution in [3.63, 3.8) is 0 Å². The number of rotatable bonds is 3. The van der Waals surface area contributed by atoms with Crippen molar-refractivity contribution < 1.29 is 4.79 Å². The molecule has 0 saturated heterocycles. The number of carbonyl (C=O) groups excluding carboxylic acids is 1. The number of aromatic amines is 1. The third kappa shape index (κ3) is 3.27. The first-order valence-corrected chi connectivity index (χ1v) is 9.13. The molecule has 132 valence electrons. The fourth-order valence-electron chi connectivity index (χ4n) is 3.71. The molecule has 3 aromatic rings. The average molecular weight is 345 g/mol. The van der Waals surface area contributed by atoms with Crippen molar-refractivity contribution in [1.29, 1.82) is 0 Å². The number of hydrogen-bond acceptors (Lipinski definition) is 2. The number of fused-ring (bicyclic) bond motifs is 3. The van der Waals surface area contributed by atoms with E-state index in [2.05, 4.69) is 22.4 Å². The molecule has 0 spiro atoms. The molecule has 4 rings (SSSR count). The molecule has 0 saturated carbocycles. The molecule has 1 aliphatic rings. The number of aryl methyl sites for hydroxylation is 2. The number of hydrazone groups is 1. The van der Waals surface area contributed by atoms with E-state index in [1.165, 1.54) is 23.1 Å². The number of carbonyl (C=O) groups is 1. The average Bonchev–Trinajstić information content (AvgIpc) is 2.99. The molecule has 2 N–H and O–H groups in total. The van der Waals surface area contributed by atoms with Crippen LogP contribution in [0.5, 0.6) is 0 Å². The second kappa shape index (κ2) is 6.79. The molecular formula is C22H23N3O. The Morgan fingerprint density at radius 1 is 1.27 bits per heavy atom. The molecular weight excluding hydrogens is 322 g/mol. The predicted molar refractivity (Wildman–Crippen MR) is 106 cm³/mol. The van der Waals surface area contributed by atoms with Crippen LogP contribution in [0.1, 0.15) is 46.1 Å². The van der Waals surface area contributed by atoms with Crippen LogP contribution in [-0.2, 0) is 12.8 Å². The maximum Gasteiger partial charge on any atom is 0.271 e. The number of amides is 1. The first-order valence-electron chi connectivity index (χ1n) is 9.13. The summed E-state index contributed by atoms with van der Waals surface area (Å²) in [6.07, 6.45) is 5.06. The highest BCUT2D eigenvalue weighted by Crippen LogP contribution is 2.32. The minimum Gasteiger partial charge on any atom is -0.358 e. The molecule has 4 heteroatoms. The third-order valence-corrected chi connectivity index (χ3v) is 5.12. The number of nitrogens with one attached hydrogen (secondary N) is 2. The number of nitrogens with zero attached hydrogens (tertiary/aromatic N) is 1. The quantitative estimate of drug-likeness (QED) is 0.538. The van der Waals surface area contributed by atoms with Gasteiger partial charge in [-0.2, -0.15) is 5.10 Å². The lowest BCUT2D eigenvalue weighted by Crippen LogP contribution is -2.17. The number of H-pyrrole nitrogens is 1. The van der Waals surface area contributed by atoms with E-state index in [0.717, 1.165) is 29.5 Å². The van der Waals surface area contributed by atoms with Gasteiger partial charge in [0, 0.05) is 22.2 Å². The SMILES string of the molecule is Cc1cccc(/C=N\NC(=O)c2ccc3[nH]c4c(c3c2)CC(C)CC4)c1. The summed E-state index contributed by atoms with van der Waals surface area (Å²) < 4.78 is 0. The highest BCUT2D eigenvalue weighted by atomic mass is 16.2. The number of aromatic nitrogens is 1. The molecule has 1 amide bonds. The number of hydrogen-bond donors (Lipinski definition) is 2. The maximum absolute atomic E-state index is 12.5.